The van der Waals surface area contributed by atoms with Gasteiger partial charge >= 0.3 is 12.1 Å². The lowest BCUT2D eigenvalue weighted by atomic mass is 10.1. The van der Waals surface area contributed by atoms with Gasteiger partial charge in [-0.2, -0.15) is 18.4 Å². The molecule has 2 heterocycles. The Labute approximate surface area is 184 Å². The maximum Gasteiger partial charge on any atom is 0.471 e. The molecule has 33 heavy (non-hydrogen) atoms. The number of hydrogen-bond donors (Lipinski definition) is 1. The van der Waals surface area contributed by atoms with E-state index < -0.39 is 22.9 Å². The third-order valence-corrected chi connectivity index (χ3v) is 6.30. The van der Waals surface area contributed by atoms with E-state index in [1.54, 1.807) is 35.6 Å². The molecule has 0 atom stereocenters. The largest absolute Gasteiger partial charge is 0.471 e. The molecule has 0 fully saturated rings. The van der Waals surface area contributed by atoms with E-state index in [0.717, 1.165) is 0 Å². The number of rotatable bonds is 1. The molecule has 0 spiro atoms. The first-order valence-electron chi connectivity index (χ1n) is 9.37. The molecule has 2 aromatic carbocycles. The van der Waals surface area contributed by atoms with Crippen molar-refractivity contribution in [1.82, 2.24) is 0 Å². The number of halogens is 3. The Kier molecular flexibility index (Phi) is 4.47. The number of carbonyl (C=O) groups is 1. The summed E-state index contributed by atoms with van der Waals surface area (Å²) < 4.78 is 44.6. The Balaban J connectivity index is 2.11. The van der Waals surface area contributed by atoms with Crippen LogP contribution in [0.2, 0.25) is 0 Å². The Morgan fingerprint density at radius 3 is 2.21 bits per heavy atom. The van der Waals surface area contributed by atoms with Crippen LogP contribution >= 0.6 is 11.3 Å². The fraction of sp³-hybridized carbons (Fsp3) is 0.0435. The summed E-state index contributed by atoms with van der Waals surface area (Å²) in [4.78, 5) is 38.2. The average Bonchev–Trinajstić information content (AvgIpc) is 3.07. The number of amides is 1. The fourth-order valence-corrected chi connectivity index (χ4v) is 4.96. The smallest absolute Gasteiger partial charge is 0.452 e. The summed E-state index contributed by atoms with van der Waals surface area (Å²) in [5, 5.41) is 11.6. The number of fused-ring (bicyclic) bond motifs is 5. The molecule has 10 heteroatoms. The lowest BCUT2D eigenvalue weighted by molar-refractivity contribution is -0.167. The monoisotopic (exact) mass is 466 g/mol. The maximum absolute atomic E-state index is 13.4. The quantitative estimate of drug-likeness (QED) is 0.389. The number of hydrogen-bond acceptors (Lipinski definition) is 6. The van der Waals surface area contributed by atoms with E-state index in [1.165, 1.54) is 18.2 Å². The van der Waals surface area contributed by atoms with Gasteiger partial charge in [0, 0.05) is 21.5 Å². The molecule has 0 saturated carbocycles. The lowest BCUT2D eigenvalue weighted by Gasteiger charge is -2.06. The number of benzene rings is 2. The molecule has 2 aliphatic rings. The normalized spacial score (nSPS) is 11.8. The van der Waals surface area contributed by atoms with E-state index in [-0.39, 0.29) is 47.6 Å². The molecule has 0 saturated heterocycles. The van der Waals surface area contributed by atoms with Gasteiger partial charge in [-0.25, -0.2) is 0 Å². The summed E-state index contributed by atoms with van der Waals surface area (Å²) >= 11 is 0.609. The fourth-order valence-electron chi connectivity index (χ4n) is 3.76. The molecule has 1 N–H and O–H groups in total. The second kappa shape index (κ2) is 7.15. The Bertz CT molecular complexity index is 1870. The highest BCUT2D eigenvalue weighted by molar-refractivity contribution is 7.23. The molecular formula is C23H9F3N2O4S. The van der Waals surface area contributed by atoms with Crippen LogP contribution in [0, 0.1) is 22.0 Å². The highest BCUT2D eigenvalue weighted by atomic mass is 32.1. The Morgan fingerprint density at radius 1 is 0.970 bits per heavy atom. The summed E-state index contributed by atoms with van der Waals surface area (Å²) in [7, 11) is 0. The van der Waals surface area contributed by atoms with E-state index >= 15 is 0 Å². The minimum Gasteiger partial charge on any atom is -0.452 e. The molecule has 1 aliphatic carbocycles. The van der Waals surface area contributed by atoms with Crippen molar-refractivity contribution in [2.45, 2.75) is 6.18 Å². The van der Waals surface area contributed by atoms with Crippen LogP contribution in [-0.4, -0.2) is 12.1 Å². The van der Waals surface area contributed by atoms with Crippen molar-refractivity contribution in [3.63, 3.8) is 0 Å². The third kappa shape index (κ3) is 3.05. The van der Waals surface area contributed by atoms with Gasteiger partial charge in [-0.15, -0.1) is 11.3 Å². The zero-order valence-corrected chi connectivity index (χ0v) is 17.1. The van der Waals surface area contributed by atoms with Gasteiger partial charge in [0.15, 0.2) is 10.8 Å². The standard InChI is InChI=1S/C23H9F3N2O4S/c24-23(25,26)22(31)28-21-13(9-27)15-12-7-3-4-8-14(12)32-19-16(20(15)33-21)17(29)10-5-1-2-6-11(10)18(19)30/h1-8H,(H,28,31). The number of anilines is 1. The van der Waals surface area contributed by atoms with Crippen molar-refractivity contribution >= 4 is 54.1 Å². The molecule has 5 rings (SSSR count). The van der Waals surface area contributed by atoms with Gasteiger partial charge < -0.3 is 9.73 Å². The van der Waals surface area contributed by atoms with Crippen molar-refractivity contribution in [2.75, 3.05) is 5.32 Å². The molecule has 1 aromatic heterocycles. The third-order valence-electron chi connectivity index (χ3n) is 5.18. The first kappa shape index (κ1) is 20.7. The molecule has 1 aliphatic heterocycles. The predicted octanol–water partition coefficient (Wildman–Crippen LogP) is 4.62. The van der Waals surface area contributed by atoms with E-state index in [4.69, 9.17) is 4.42 Å². The number of para-hydroxylation sites is 1. The number of nitriles is 1. The molecule has 0 radical (unpaired) electrons. The topological polar surface area (TPSA) is 100 Å². The molecule has 1 amide bonds. The van der Waals surface area contributed by atoms with Crippen LogP contribution in [0.25, 0.3) is 31.8 Å². The second-order valence-electron chi connectivity index (χ2n) is 7.08. The van der Waals surface area contributed by atoms with Crippen LogP contribution < -0.4 is 16.2 Å². The van der Waals surface area contributed by atoms with Crippen LogP contribution in [0.4, 0.5) is 18.2 Å². The van der Waals surface area contributed by atoms with Crippen LogP contribution in [0.15, 0.2) is 62.5 Å². The molecule has 6 nitrogen and oxygen atoms in total. The summed E-state index contributed by atoms with van der Waals surface area (Å²) in [5.74, 6) is -2.26. The first-order chi connectivity index (χ1) is 15.7. The van der Waals surface area contributed by atoms with Crippen LogP contribution in [-0.2, 0) is 4.79 Å². The molecule has 162 valence electrons. The molecule has 0 unspecified atom stereocenters. The van der Waals surface area contributed by atoms with Crippen LogP contribution in [0.1, 0.15) is 5.56 Å². The van der Waals surface area contributed by atoms with Crippen molar-refractivity contribution in [3.05, 3.63) is 85.2 Å². The Hall–Kier alpha value is -4.23. The highest BCUT2D eigenvalue weighted by Crippen LogP contribution is 2.39. The van der Waals surface area contributed by atoms with Gasteiger partial charge in [0.05, 0.1) is 15.5 Å². The van der Waals surface area contributed by atoms with Gasteiger partial charge in [0.1, 0.15) is 16.7 Å². The lowest BCUT2D eigenvalue weighted by Crippen LogP contribution is -2.29. The van der Waals surface area contributed by atoms with E-state index in [9.17, 15) is 32.8 Å². The van der Waals surface area contributed by atoms with E-state index in [1.807, 2.05) is 6.07 Å². The predicted molar refractivity (Wildman–Crippen MR) is 116 cm³/mol. The van der Waals surface area contributed by atoms with E-state index in [0.29, 0.717) is 16.7 Å². The van der Waals surface area contributed by atoms with Gasteiger partial charge in [-0.05, 0) is 6.07 Å². The maximum atomic E-state index is 13.4. The van der Waals surface area contributed by atoms with Gasteiger partial charge in [-0.3, -0.25) is 14.4 Å². The molecule has 0 bridgehead atoms. The minimum atomic E-state index is -5.19. The van der Waals surface area contributed by atoms with Gasteiger partial charge in [0.2, 0.25) is 5.43 Å². The average molecular weight is 466 g/mol. The molecular weight excluding hydrogens is 457 g/mol. The first-order valence-corrected chi connectivity index (χ1v) is 10.2. The SMILES string of the molecule is N#Cc1c(NC(=O)C(F)(F)F)sc2c3c(=O)c4ccccc4c(=O)c=3oc3ccccc3c12. The summed E-state index contributed by atoms with van der Waals surface area (Å²) in [6.07, 6.45) is -5.19. The van der Waals surface area contributed by atoms with Crippen LogP contribution in [0.5, 0.6) is 0 Å². The highest BCUT2D eigenvalue weighted by Gasteiger charge is 2.39. The van der Waals surface area contributed by atoms with Crippen molar-refractivity contribution < 1.29 is 22.4 Å². The summed E-state index contributed by atoms with van der Waals surface area (Å²) in [6, 6.07) is 14.2. The van der Waals surface area contributed by atoms with Crippen molar-refractivity contribution in [2.24, 2.45) is 0 Å². The molecule has 3 aromatic rings. The second-order valence-corrected chi connectivity index (χ2v) is 8.10. The minimum absolute atomic E-state index is 0.0665. The van der Waals surface area contributed by atoms with E-state index in [2.05, 4.69) is 0 Å². The van der Waals surface area contributed by atoms with Crippen molar-refractivity contribution in [1.29, 1.82) is 5.26 Å². The number of nitrogens with zero attached hydrogens (tertiary/aromatic N) is 1. The van der Waals surface area contributed by atoms with Crippen molar-refractivity contribution in [3.8, 4) is 6.07 Å². The Morgan fingerprint density at radius 2 is 1.58 bits per heavy atom. The zero-order chi connectivity index (χ0) is 23.5. The number of carbonyl (C=O) groups excluding carboxylic acids is 1. The number of thiophene rings is 1. The van der Waals surface area contributed by atoms with Crippen LogP contribution in [0.3, 0.4) is 0 Å². The zero-order valence-electron chi connectivity index (χ0n) is 16.2. The van der Waals surface area contributed by atoms with Gasteiger partial charge in [-0.1, -0.05) is 42.5 Å². The number of alkyl halides is 3. The summed E-state index contributed by atoms with van der Waals surface area (Å²) in [5.41, 5.74) is -1.56. The van der Waals surface area contributed by atoms with Gasteiger partial charge in [0.25, 0.3) is 0 Å². The summed E-state index contributed by atoms with van der Waals surface area (Å²) in [6.45, 7) is 0. The number of nitrogens with one attached hydrogen (secondary N) is 1.